The highest BCUT2D eigenvalue weighted by Crippen LogP contribution is 2.50. The van der Waals surface area contributed by atoms with Gasteiger partial charge in [-0.25, -0.2) is 4.79 Å². The Hall–Kier alpha value is -1.10. The zero-order valence-corrected chi connectivity index (χ0v) is 12.1. The maximum absolute atomic E-state index is 12.5. The first-order valence-electron chi connectivity index (χ1n) is 6.86. The van der Waals surface area contributed by atoms with Crippen molar-refractivity contribution in [2.45, 2.75) is 52.7 Å². The van der Waals surface area contributed by atoms with E-state index < -0.39 is 11.5 Å². The fourth-order valence-electron chi connectivity index (χ4n) is 3.57. The Kier molecular flexibility index (Phi) is 3.37. The summed E-state index contributed by atoms with van der Waals surface area (Å²) in [5.74, 6) is 0.150. The molecule has 2 heterocycles. The number of carboxylic acid groups (broad SMARTS) is 1. The minimum Gasteiger partial charge on any atom is -0.465 e. The molecule has 2 saturated heterocycles. The van der Waals surface area contributed by atoms with E-state index in [9.17, 15) is 9.59 Å². The summed E-state index contributed by atoms with van der Waals surface area (Å²) >= 11 is 0. The second-order valence-corrected chi connectivity index (χ2v) is 6.81. The standard InChI is InChI=1S/C14H23NO4/c1-9-10(16)14(11(19-9)13(2,3)4)5-7-15(8-6-14)12(17)18/h9,11H,5-8H2,1-4H3,(H,17,18)/t9?,11-/m0/s1. The van der Waals surface area contributed by atoms with E-state index in [2.05, 4.69) is 20.8 Å². The first kappa shape index (κ1) is 14.3. The van der Waals surface area contributed by atoms with Gasteiger partial charge < -0.3 is 14.7 Å². The number of likely N-dealkylation sites (tertiary alicyclic amines) is 1. The molecule has 0 aromatic rings. The second-order valence-electron chi connectivity index (χ2n) is 6.81. The van der Waals surface area contributed by atoms with E-state index in [4.69, 9.17) is 9.84 Å². The number of amides is 1. The number of carbonyl (C=O) groups is 2. The first-order valence-corrected chi connectivity index (χ1v) is 6.86. The van der Waals surface area contributed by atoms with Crippen LogP contribution in [0.4, 0.5) is 4.79 Å². The molecule has 0 aromatic heterocycles. The number of nitrogens with zero attached hydrogens (tertiary/aromatic N) is 1. The number of carbonyl (C=O) groups excluding carboxylic acids is 1. The summed E-state index contributed by atoms with van der Waals surface area (Å²) < 4.78 is 5.91. The molecule has 2 fully saturated rings. The Balaban J connectivity index is 2.25. The fraction of sp³-hybridized carbons (Fsp3) is 0.857. The third kappa shape index (κ3) is 2.24. The lowest BCUT2D eigenvalue weighted by atomic mass is 9.64. The van der Waals surface area contributed by atoms with E-state index in [0.29, 0.717) is 25.9 Å². The van der Waals surface area contributed by atoms with Crippen LogP contribution in [0.3, 0.4) is 0 Å². The molecule has 1 spiro atoms. The Morgan fingerprint density at radius 1 is 1.37 bits per heavy atom. The van der Waals surface area contributed by atoms with Crippen LogP contribution in [-0.2, 0) is 9.53 Å². The van der Waals surface area contributed by atoms with Crippen molar-refractivity contribution in [1.82, 2.24) is 4.90 Å². The van der Waals surface area contributed by atoms with Gasteiger partial charge in [-0.05, 0) is 25.2 Å². The van der Waals surface area contributed by atoms with Crippen LogP contribution < -0.4 is 0 Å². The fourth-order valence-corrected chi connectivity index (χ4v) is 3.57. The highest BCUT2D eigenvalue weighted by atomic mass is 16.5. The molecule has 0 bridgehead atoms. The van der Waals surface area contributed by atoms with Gasteiger partial charge in [-0.1, -0.05) is 20.8 Å². The molecular formula is C14H23NO4. The van der Waals surface area contributed by atoms with Gasteiger partial charge in [0.15, 0.2) is 5.78 Å². The zero-order chi connectivity index (χ0) is 14.4. The van der Waals surface area contributed by atoms with Crippen molar-refractivity contribution < 1.29 is 19.4 Å². The maximum atomic E-state index is 12.5. The van der Waals surface area contributed by atoms with Gasteiger partial charge in [0.1, 0.15) is 6.10 Å². The van der Waals surface area contributed by atoms with Crippen LogP contribution in [0.1, 0.15) is 40.5 Å². The van der Waals surface area contributed by atoms with Gasteiger partial charge >= 0.3 is 6.09 Å². The molecule has 5 heteroatoms. The smallest absolute Gasteiger partial charge is 0.407 e. The van der Waals surface area contributed by atoms with E-state index in [1.54, 1.807) is 6.92 Å². The van der Waals surface area contributed by atoms with Gasteiger partial charge in [-0.15, -0.1) is 0 Å². The molecule has 2 rings (SSSR count). The Morgan fingerprint density at radius 3 is 2.32 bits per heavy atom. The van der Waals surface area contributed by atoms with E-state index in [1.807, 2.05) is 0 Å². The highest BCUT2D eigenvalue weighted by Gasteiger charge is 2.58. The molecule has 1 unspecified atom stereocenters. The predicted molar refractivity (Wildman–Crippen MR) is 70.1 cm³/mol. The first-order chi connectivity index (χ1) is 8.68. The molecule has 108 valence electrons. The summed E-state index contributed by atoms with van der Waals surface area (Å²) in [6.45, 7) is 8.88. The van der Waals surface area contributed by atoms with E-state index >= 15 is 0 Å². The number of piperidine rings is 1. The van der Waals surface area contributed by atoms with Crippen LogP contribution in [0.2, 0.25) is 0 Å². The molecule has 2 aliphatic heterocycles. The molecule has 0 radical (unpaired) electrons. The van der Waals surface area contributed by atoms with Crippen LogP contribution in [0.5, 0.6) is 0 Å². The highest BCUT2D eigenvalue weighted by molar-refractivity contribution is 5.91. The van der Waals surface area contributed by atoms with Crippen LogP contribution in [-0.4, -0.2) is 47.2 Å². The molecule has 0 aliphatic carbocycles. The van der Waals surface area contributed by atoms with Crippen molar-refractivity contribution >= 4 is 11.9 Å². The van der Waals surface area contributed by atoms with Gasteiger partial charge in [0, 0.05) is 13.1 Å². The zero-order valence-electron chi connectivity index (χ0n) is 12.1. The number of ketones is 1. The lowest BCUT2D eigenvalue weighted by Crippen LogP contribution is -2.52. The Labute approximate surface area is 113 Å². The summed E-state index contributed by atoms with van der Waals surface area (Å²) in [5, 5.41) is 9.02. The van der Waals surface area contributed by atoms with Crippen molar-refractivity contribution in [3.8, 4) is 0 Å². The monoisotopic (exact) mass is 269 g/mol. The maximum Gasteiger partial charge on any atom is 0.407 e. The summed E-state index contributed by atoms with van der Waals surface area (Å²) in [7, 11) is 0. The van der Waals surface area contributed by atoms with Gasteiger partial charge in [-0.3, -0.25) is 4.79 Å². The largest absolute Gasteiger partial charge is 0.465 e. The van der Waals surface area contributed by atoms with Crippen LogP contribution in [0.15, 0.2) is 0 Å². The molecule has 1 N–H and O–H groups in total. The number of hydrogen-bond donors (Lipinski definition) is 1. The summed E-state index contributed by atoms with van der Waals surface area (Å²) in [5.41, 5.74) is -0.616. The minimum atomic E-state index is -0.901. The summed E-state index contributed by atoms with van der Waals surface area (Å²) in [4.78, 5) is 24.9. The van der Waals surface area contributed by atoms with Gasteiger partial charge in [0.25, 0.3) is 0 Å². The normalized spacial score (nSPS) is 30.9. The molecule has 0 aromatic carbocycles. The molecule has 2 atom stereocenters. The number of hydrogen-bond acceptors (Lipinski definition) is 3. The van der Waals surface area contributed by atoms with E-state index in [1.165, 1.54) is 4.90 Å². The van der Waals surface area contributed by atoms with Crippen LogP contribution in [0, 0.1) is 10.8 Å². The van der Waals surface area contributed by atoms with Crippen LogP contribution >= 0.6 is 0 Å². The minimum absolute atomic E-state index is 0.119. The molecule has 0 saturated carbocycles. The van der Waals surface area contributed by atoms with Gasteiger partial charge in [-0.2, -0.15) is 0 Å². The second kappa shape index (κ2) is 4.47. The average Bonchev–Trinajstić information content (AvgIpc) is 2.55. The molecule has 5 nitrogen and oxygen atoms in total. The van der Waals surface area contributed by atoms with Crippen molar-refractivity contribution in [2.75, 3.05) is 13.1 Å². The van der Waals surface area contributed by atoms with Crippen molar-refractivity contribution in [1.29, 1.82) is 0 Å². The summed E-state index contributed by atoms with van der Waals surface area (Å²) in [6.07, 6.45) is -0.255. The van der Waals surface area contributed by atoms with Gasteiger partial charge in [0.05, 0.1) is 11.5 Å². The Bertz CT molecular complexity index is 391. The lowest BCUT2D eigenvalue weighted by Gasteiger charge is -2.44. The summed E-state index contributed by atoms with van der Waals surface area (Å²) in [6, 6.07) is 0. The third-order valence-corrected chi connectivity index (χ3v) is 4.41. The SMILES string of the molecule is CC1O[C@@H](C(C)(C)C)C2(CCN(C(=O)O)CC2)C1=O. The predicted octanol–water partition coefficient (Wildman–Crippen LogP) is 2.15. The number of rotatable bonds is 0. The van der Waals surface area contributed by atoms with Crippen molar-refractivity contribution in [3.63, 3.8) is 0 Å². The van der Waals surface area contributed by atoms with Crippen LogP contribution in [0.25, 0.3) is 0 Å². The molecule has 19 heavy (non-hydrogen) atoms. The quantitative estimate of drug-likeness (QED) is 0.731. The number of Topliss-reactive ketones (excluding diaryl/α,β-unsaturated/α-hetero) is 1. The van der Waals surface area contributed by atoms with Crippen molar-refractivity contribution in [2.24, 2.45) is 10.8 Å². The van der Waals surface area contributed by atoms with Crippen molar-refractivity contribution in [3.05, 3.63) is 0 Å². The van der Waals surface area contributed by atoms with E-state index in [0.717, 1.165) is 0 Å². The van der Waals surface area contributed by atoms with E-state index in [-0.39, 0.29) is 23.4 Å². The van der Waals surface area contributed by atoms with Gasteiger partial charge in [0.2, 0.25) is 0 Å². The number of ether oxygens (including phenoxy) is 1. The molecular weight excluding hydrogens is 246 g/mol. The average molecular weight is 269 g/mol. The Morgan fingerprint density at radius 2 is 1.89 bits per heavy atom. The molecule has 2 aliphatic rings. The molecule has 1 amide bonds. The topological polar surface area (TPSA) is 66.8 Å². The third-order valence-electron chi connectivity index (χ3n) is 4.41. The lowest BCUT2D eigenvalue weighted by molar-refractivity contribution is -0.130.